The maximum Gasteiger partial charge on any atom is 0.398 e. The third-order valence-corrected chi connectivity index (χ3v) is 3.35. The lowest BCUT2D eigenvalue weighted by molar-refractivity contribution is -0.160. The summed E-state index contributed by atoms with van der Waals surface area (Å²) in [6.45, 7) is 3.76. The van der Waals surface area contributed by atoms with Gasteiger partial charge < -0.3 is 0 Å². The Morgan fingerprint density at radius 1 is 1.07 bits per heavy atom. The predicted molar refractivity (Wildman–Crippen MR) is 52.9 cm³/mol. The van der Waals surface area contributed by atoms with Crippen LogP contribution >= 0.6 is 0 Å². The largest absolute Gasteiger partial charge is 0.398 e. The Balaban J connectivity index is 2.43. The smallest absolute Gasteiger partial charge is 0.170 e. The molecule has 0 N–H and O–H groups in total. The fraction of sp³-hybridized carbons (Fsp3) is 0.500. The first-order chi connectivity index (χ1) is 6.87. The minimum Gasteiger partial charge on any atom is -0.170 e. The van der Waals surface area contributed by atoms with E-state index in [0.717, 1.165) is 11.1 Å². The highest BCUT2D eigenvalue weighted by Gasteiger charge is 2.64. The molecule has 0 radical (unpaired) electrons. The van der Waals surface area contributed by atoms with Gasteiger partial charge in [0, 0.05) is 0 Å². The van der Waals surface area contributed by atoms with Gasteiger partial charge in [-0.3, -0.25) is 0 Å². The minimum absolute atomic E-state index is 0.235. The van der Waals surface area contributed by atoms with E-state index in [2.05, 4.69) is 0 Å². The number of rotatable bonds is 1. The molecule has 3 heteroatoms. The molecule has 0 nitrogen and oxygen atoms in total. The first-order valence-corrected chi connectivity index (χ1v) is 5.01. The summed E-state index contributed by atoms with van der Waals surface area (Å²) in [5.74, 6) is 0. The van der Waals surface area contributed by atoms with Gasteiger partial charge in [-0.15, -0.1) is 0 Å². The molecule has 1 fully saturated rings. The van der Waals surface area contributed by atoms with Gasteiger partial charge in [0.1, 0.15) is 0 Å². The molecule has 0 atom stereocenters. The number of hydrogen-bond donors (Lipinski definition) is 0. The second-order valence-electron chi connectivity index (χ2n) is 4.38. The van der Waals surface area contributed by atoms with Crippen molar-refractivity contribution in [3.63, 3.8) is 0 Å². The van der Waals surface area contributed by atoms with Crippen molar-refractivity contribution >= 4 is 0 Å². The van der Waals surface area contributed by atoms with Crippen molar-refractivity contribution in [1.82, 2.24) is 0 Å². The summed E-state index contributed by atoms with van der Waals surface area (Å²) in [6.07, 6.45) is -3.63. The maximum atomic E-state index is 12.8. The highest BCUT2D eigenvalue weighted by molar-refractivity contribution is 5.39. The summed E-state index contributed by atoms with van der Waals surface area (Å²) in [6, 6.07) is 5.06. The zero-order chi connectivity index (χ0) is 11.3. The Morgan fingerprint density at radius 2 is 1.67 bits per heavy atom. The molecule has 0 aliphatic heterocycles. The van der Waals surface area contributed by atoms with Crippen molar-refractivity contribution < 1.29 is 13.2 Å². The second-order valence-corrected chi connectivity index (χ2v) is 4.38. The summed E-state index contributed by atoms with van der Waals surface area (Å²) in [7, 11) is 0. The molecule has 0 saturated heterocycles. The van der Waals surface area contributed by atoms with E-state index in [1.807, 2.05) is 13.8 Å². The molecule has 82 valence electrons. The lowest BCUT2D eigenvalue weighted by atomic mass is 9.92. The number of halogens is 3. The van der Waals surface area contributed by atoms with E-state index in [1.165, 1.54) is 0 Å². The van der Waals surface area contributed by atoms with E-state index in [-0.39, 0.29) is 12.8 Å². The topological polar surface area (TPSA) is 0 Å². The third-order valence-electron chi connectivity index (χ3n) is 3.35. The van der Waals surface area contributed by atoms with Crippen molar-refractivity contribution in [3.8, 4) is 0 Å². The molecule has 2 rings (SSSR count). The number of hydrogen-bond acceptors (Lipinski definition) is 0. The molecule has 0 heterocycles. The van der Waals surface area contributed by atoms with Crippen molar-refractivity contribution in [2.45, 2.75) is 38.3 Å². The third kappa shape index (κ3) is 1.54. The molecule has 1 aliphatic rings. The van der Waals surface area contributed by atoms with Gasteiger partial charge >= 0.3 is 6.18 Å². The summed E-state index contributed by atoms with van der Waals surface area (Å²) in [5.41, 5.74) is 0.865. The Morgan fingerprint density at radius 3 is 2.07 bits per heavy atom. The predicted octanol–water partition coefficient (Wildman–Crippen LogP) is 3.90. The van der Waals surface area contributed by atoms with Crippen molar-refractivity contribution in [2.75, 3.05) is 0 Å². The Hall–Kier alpha value is -0.990. The molecular weight excluding hydrogens is 201 g/mol. The fourth-order valence-corrected chi connectivity index (χ4v) is 1.90. The van der Waals surface area contributed by atoms with Crippen LogP contribution in [0.4, 0.5) is 13.2 Å². The summed E-state index contributed by atoms with van der Waals surface area (Å²) >= 11 is 0. The van der Waals surface area contributed by atoms with Gasteiger partial charge in [-0.05, 0) is 43.4 Å². The van der Waals surface area contributed by atoms with Crippen LogP contribution < -0.4 is 0 Å². The molecular formula is C12H13F3. The van der Waals surface area contributed by atoms with Crippen molar-refractivity contribution in [3.05, 3.63) is 34.9 Å². The van der Waals surface area contributed by atoms with Gasteiger partial charge in [0.25, 0.3) is 0 Å². The van der Waals surface area contributed by atoms with Gasteiger partial charge in [0.15, 0.2) is 0 Å². The molecule has 0 amide bonds. The summed E-state index contributed by atoms with van der Waals surface area (Å²) in [4.78, 5) is 0. The first-order valence-electron chi connectivity index (χ1n) is 5.01. The van der Waals surface area contributed by atoms with Crippen molar-refractivity contribution in [1.29, 1.82) is 0 Å². The van der Waals surface area contributed by atoms with Gasteiger partial charge in [0.05, 0.1) is 5.41 Å². The molecule has 0 spiro atoms. The lowest BCUT2D eigenvalue weighted by Crippen LogP contribution is -2.28. The highest BCUT2D eigenvalue weighted by Crippen LogP contribution is 2.58. The molecule has 0 bridgehead atoms. The SMILES string of the molecule is Cc1ccc(C2(C(F)(F)F)CC2)cc1C. The van der Waals surface area contributed by atoms with Crippen LogP contribution in [0.25, 0.3) is 0 Å². The zero-order valence-electron chi connectivity index (χ0n) is 8.78. The van der Waals surface area contributed by atoms with E-state index >= 15 is 0 Å². The average molecular weight is 214 g/mol. The van der Waals surface area contributed by atoms with Gasteiger partial charge in [-0.2, -0.15) is 13.2 Å². The monoisotopic (exact) mass is 214 g/mol. The highest BCUT2D eigenvalue weighted by atomic mass is 19.4. The summed E-state index contributed by atoms with van der Waals surface area (Å²) in [5, 5.41) is 0. The number of aryl methyl sites for hydroxylation is 2. The van der Waals surface area contributed by atoms with E-state index in [9.17, 15) is 13.2 Å². The molecule has 0 unspecified atom stereocenters. The lowest BCUT2D eigenvalue weighted by Gasteiger charge is -2.20. The quantitative estimate of drug-likeness (QED) is 0.665. The molecule has 1 aromatic carbocycles. The molecule has 1 aromatic rings. The standard InChI is InChI=1S/C12H13F3/c1-8-3-4-10(7-9(8)2)11(5-6-11)12(13,14)15/h3-4,7H,5-6H2,1-2H3. The van der Waals surface area contributed by atoms with E-state index < -0.39 is 11.6 Å². The Kier molecular flexibility index (Phi) is 2.11. The van der Waals surface area contributed by atoms with E-state index in [0.29, 0.717) is 5.56 Å². The van der Waals surface area contributed by atoms with Crippen LogP contribution in [-0.2, 0) is 5.41 Å². The van der Waals surface area contributed by atoms with Crippen LogP contribution in [0, 0.1) is 13.8 Å². The Bertz CT molecular complexity index is 386. The molecule has 0 aromatic heterocycles. The Labute approximate surface area is 87.1 Å². The average Bonchev–Trinajstić information content (AvgIpc) is 2.88. The number of alkyl halides is 3. The zero-order valence-corrected chi connectivity index (χ0v) is 8.78. The van der Waals surface area contributed by atoms with Crippen LogP contribution in [0.5, 0.6) is 0 Å². The van der Waals surface area contributed by atoms with Gasteiger partial charge in [-0.25, -0.2) is 0 Å². The normalized spacial score (nSPS) is 19.0. The first kappa shape index (κ1) is 10.5. The van der Waals surface area contributed by atoms with Crippen LogP contribution in [0.3, 0.4) is 0 Å². The summed E-state index contributed by atoms with van der Waals surface area (Å²) < 4.78 is 38.4. The van der Waals surface area contributed by atoms with Crippen LogP contribution in [0.15, 0.2) is 18.2 Å². The maximum absolute atomic E-state index is 12.8. The van der Waals surface area contributed by atoms with E-state index in [1.54, 1.807) is 18.2 Å². The molecule has 1 aliphatic carbocycles. The van der Waals surface area contributed by atoms with Crippen LogP contribution in [0.2, 0.25) is 0 Å². The number of benzene rings is 1. The molecule has 1 saturated carbocycles. The van der Waals surface area contributed by atoms with Gasteiger partial charge in [0.2, 0.25) is 0 Å². The van der Waals surface area contributed by atoms with E-state index in [4.69, 9.17) is 0 Å². The van der Waals surface area contributed by atoms with Gasteiger partial charge in [-0.1, -0.05) is 18.2 Å². The molecule has 15 heavy (non-hydrogen) atoms. The minimum atomic E-state index is -4.10. The van der Waals surface area contributed by atoms with Crippen molar-refractivity contribution in [2.24, 2.45) is 0 Å². The van der Waals surface area contributed by atoms with Crippen LogP contribution in [0.1, 0.15) is 29.5 Å². The van der Waals surface area contributed by atoms with Crippen LogP contribution in [-0.4, -0.2) is 6.18 Å². The fourth-order valence-electron chi connectivity index (χ4n) is 1.90. The second kappa shape index (κ2) is 3.00.